The molecule has 6 nitrogen and oxygen atoms in total. The molecule has 22 heavy (non-hydrogen) atoms. The van der Waals surface area contributed by atoms with Gasteiger partial charge in [0.1, 0.15) is 11.1 Å². The zero-order chi connectivity index (χ0) is 16.8. The van der Waals surface area contributed by atoms with Crippen molar-refractivity contribution in [2.24, 2.45) is 0 Å². The Bertz CT molecular complexity index is 539. The number of carboxylic acid groups (broad SMARTS) is 1. The SMILES string of the molecule is COCCC(NC(=O)c1cccnc1SC(F)(F)F)C(=O)O. The van der Waals surface area contributed by atoms with E-state index in [2.05, 4.69) is 10.3 Å². The van der Waals surface area contributed by atoms with E-state index in [1.165, 1.54) is 13.2 Å². The van der Waals surface area contributed by atoms with Crippen LogP contribution in [0, 0.1) is 0 Å². The molecule has 2 N–H and O–H groups in total. The van der Waals surface area contributed by atoms with E-state index in [0.717, 1.165) is 12.3 Å². The Labute approximate surface area is 128 Å². The number of nitrogens with zero attached hydrogens (tertiary/aromatic N) is 1. The lowest BCUT2D eigenvalue weighted by molar-refractivity contribution is -0.139. The highest BCUT2D eigenvalue weighted by atomic mass is 32.2. The number of amides is 1. The molecule has 0 aliphatic carbocycles. The summed E-state index contributed by atoms with van der Waals surface area (Å²) in [5.74, 6) is -2.25. The quantitative estimate of drug-likeness (QED) is 0.739. The van der Waals surface area contributed by atoms with Gasteiger partial charge in [-0.3, -0.25) is 4.79 Å². The second kappa shape index (κ2) is 7.99. The van der Waals surface area contributed by atoms with Gasteiger partial charge in [-0.1, -0.05) is 0 Å². The summed E-state index contributed by atoms with van der Waals surface area (Å²) in [7, 11) is 1.36. The van der Waals surface area contributed by atoms with Crippen molar-refractivity contribution in [3.05, 3.63) is 23.9 Å². The molecule has 0 saturated carbocycles. The maximum absolute atomic E-state index is 12.4. The van der Waals surface area contributed by atoms with Crippen LogP contribution in [0.25, 0.3) is 0 Å². The molecular formula is C12H13F3N2O4S. The summed E-state index contributed by atoms with van der Waals surface area (Å²) in [6.45, 7) is 0.0778. The summed E-state index contributed by atoms with van der Waals surface area (Å²) in [5, 5.41) is 10.6. The lowest BCUT2D eigenvalue weighted by atomic mass is 10.2. The Morgan fingerprint density at radius 2 is 2.18 bits per heavy atom. The van der Waals surface area contributed by atoms with Gasteiger partial charge in [0.15, 0.2) is 0 Å². The standard InChI is InChI=1S/C12H13F3N2O4S/c1-21-6-4-8(11(19)20)17-9(18)7-3-2-5-16-10(7)22-12(13,14)15/h2-3,5,8H,4,6H2,1H3,(H,17,18)(H,19,20). The molecular weight excluding hydrogens is 325 g/mol. The van der Waals surface area contributed by atoms with E-state index < -0.39 is 40.2 Å². The van der Waals surface area contributed by atoms with Crippen molar-refractivity contribution in [2.75, 3.05) is 13.7 Å². The van der Waals surface area contributed by atoms with Gasteiger partial charge in [0, 0.05) is 38.1 Å². The number of carboxylic acids is 1. The molecule has 1 aromatic heterocycles. The Balaban J connectivity index is 2.90. The molecule has 0 spiro atoms. The van der Waals surface area contributed by atoms with Crippen molar-refractivity contribution in [1.29, 1.82) is 0 Å². The van der Waals surface area contributed by atoms with Gasteiger partial charge < -0.3 is 15.2 Å². The summed E-state index contributed by atoms with van der Waals surface area (Å²) in [6, 6.07) is 1.17. The second-order valence-corrected chi connectivity index (χ2v) is 5.10. The molecule has 1 heterocycles. The van der Waals surface area contributed by atoms with E-state index in [0.29, 0.717) is 0 Å². The molecule has 1 amide bonds. The third kappa shape index (κ3) is 5.90. The predicted octanol–water partition coefficient (Wildman–Crippen LogP) is 1.91. The zero-order valence-electron chi connectivity index (χ0n) is 11.4. The third-order valence-corrected chi connectivity index (χ3v) is 3.19. The fraction of sp³-hybridized carbons (Fsp3) is 0.417. The minimum atomic E-state index is -4.61. The second-order valence-electron chi connectivity index (χ2n) is 4.05. The summed E-state index contributed by atoms with van der Waals surface area (Å²) in [6.07, 6.45) is 1.10. The lowest BCUT2D eigenvalue weighted by Crippen LogP contribution is -2.41. The summed E-state index contributed by atoms with van der Waals surface area (Å²) in [4.78, 5) is 26.5. The van der Waals surface area contributed by atoms with Gasteiger partial charge in [0.2, 0.25) is 0 Å². The first-order chi connectivity index (χ1) is 10.2. The number of hydrogen-bond donors (Lipinski definition) is 2. The number of rotatable bonds is 7. The van der Waals surface area contributed by atoms with Crippen molar-refractivity contribution < 1.29 is 32.6 Å². The predicted molar refractivity (Wildman–Crippen MR) is 71.5 cm³/mol. The van der Waals surface area contributed by atoms with Gasteiger partial charge >= 0.3 is 11.5 Å². The van der Waals surface area contributed by atoms with E-state index in [1.807, 2.05) is 0 Å². The molecule has 122 valence electrons. The van der Waals surface area contributed by atoms with Crippen molar-refractivity contribution in [1.82, 2.24) is 10.3 Å². The van der Waals surface area contributed by atoms with E-state index in [1.54, 1.807) is 0 Å². The molecule has 0 fully saturated rings. The number of aromatic nitrogens is 1. The fourth-order valence-corrected chi connectivity index (χ4v) is 2.09. The van der Waals surface area contributed by atoms with Crippen LogP contribution in [0.15, 0.2) is 23.4 Å². The zero-order valence-corrected chi connectivity index (χ0v) is 12.2. The summed E-state index contributed by atoms with van der Waals surface area (Å²) >= 11 is -0.535. The number of pyridine rings is 1. The van der Waals surface area contributed by atoms with Crippen LogP contribution in [0.3, 0.4) is 0 Å². The molecule has 1 aromatic rings. The van der Waals surface area contributed by atoms with Crippen LogP contribution in [-0.2, 0) is 9.53 Å². The lowest BCUT2D eigenvalue weighted by Gasteiger charge is -2.15. The average molecular weight is 338 g/mol. The molecule has 0 aliphatic rings. The normalized spacial score (nSPS) is 12.7. The fourth-order valence-electron chi connectivity index (χ4n) is 1.48. The van der Waals surface area contributed by atoms with Gasteiger partial charge in [-0.05, 0) is 12.1 Å². The molecule has 1 atom stereocenters. The number of halogens is 3. The Kier molecular flexibility index (Phi) is 6.62. The van der Waals surface area contributed by atoms with Crippen LogP contribution >= 0.6 is 11.8 Å². The highest BCUT2D eigenvalue weighted by Gasteiger charge is 2.32. The minimum Gasteiger partial charge on any atom is -0.480 e. The van der Waals surface area contributed by atoms with Crippen LogP contribution in [0.5, 0.6) is 0 Å². The van der Waals surface area contributed by atoms with E-state index in [-0.39, 0.29) is 18.6 Å². The maximum atomic E-state index is 12.4. The van der Waals surface area contributed by atoms with Crippen molar-refractivity contribution in [3.63, 3.8) is 0 Å². The van der Waals surface area contributed by atoms with Crippen molar-refractivity contribution in [2.45, 2.75) is 23.0 Å². The average Bonchev–Trinajstić information content (AvgIpc) is 2.41. The molecule has 1 rings (SSSR count). The first kappa shape index (κ1) is 18.2. The summed E-state index contributed by atoms with van der Waals surface area (Å²) in [5.41, 5.74) is -4.94. The number of carbonyl (C=O) groups is 2. The number of ether oxygens (including phenoxy) is 1. The minimum absolute atomic E-state index is 0.0143. The van der Waals surface area contributed by atoms with Crippen LogP contribution in [-0.4, -0.2) is 47.2 Å². The topological polar surface area (TPSA) is 88.5 Å². The Morgan fingerprint density at radius 3 is 2.73 bits per heavy atom. The van der Waals surface area contributed by atoms with Gasteiger partial charge in [-0.2, -0.15) is 13.2 Å². The number of nitrogens with one attached hydrogen (secondary N) is 1. The molecule has 10 heteroatoms. The van der Waals surface area contributed by atoms with E-state index >= 15 is 0 Å². The van der Waals surface area contributed by atoms with Gasteiger partial charge in [0.05, 0.1) is 5.56 Å². The molecule has 1 unspecified atom stereocenters. The number of thioether (sulfide) groups is 1. The first-order valence-corrected chi connectivity index (χ1v) is 6.79. The smallest absolute Gasteiger partial charge is 0.447 e. The van der Waals surface area contributed by atoms with Gasteiger partial charge in [-0.25, -0.2) is 9.78 Å². The van der Waals surface area contributed by atoms with Gasteiger partial charge in [0.25, 0.3) is 5.91 Å². The van der Waals surface area contributed by atoms with Crippen LogP contribution < -0.4 is 5.32 Å². The molecule has 0 saturated heterocycles. The van der Waals surface area contributed by atoms with Crippen molar-refractivity contribution in [3.8, 4) is 0 Å². The van der Waals surface area contributed by atoms with E-state index in [4.69, 9.17) is 9.84 Å². The Morgan fingerprint density at radius 1 is 1.50 bits per heavy atom. The van der Waals surface area contributed by atoms with Crippen molar-refractivity contribution >= 4 is 23.6 Å². The third-order valence-electron chi connectivity index (χ3n) is 2.44. The maximum Gasteiger partial charge on any atom is 0.447 e. The number of hydrogen-bond acceptors (Lipinski definition) is 5. The highest BCUT2D eigenvalue weighted by molar-refractivity contribution is 8.00. The monoisotopic (exact) mass is 338 g/mol. The number of aliphatic carboxylic acids is 1. The largest absolute Gasteiger partial charge is 0.480 e. The highest BCUT2D eigenvalue weighted by Crippen LogP contribution is 2.37. The van der Waals surface area contributed by atoms with E-state index in [9.17, 15) is 22.8 Å². The van der Waals surface area contributed by atoms with Crippen LogP contribution in [0.2, 0.25) is 0 Å². The van der Waals surface area contributed by atoms with Crippen LogP contribution in [0.4, 0.5) is 13.2 Å². The number of carbonyl (C=O) groups excluding carboxylic acids is 1. The molecule has 0 aromatic carbocycles. The number of methoxy groups -OCH3 is 1. The van der Waals surface area contributed by atoms with Crippen LogP contribution in [0.1, 0.15) is 16.8 Å². The molecule has 0 radical (unpaired) electrons. The summed E-state index contributed by atoms with van der Waals surface area (Å²) < 4.78 is 42.0. The molecule has 0 aliphatic heterocycles. The molecule has 0 bridgehead atoms. The van der Waals surface area contributed by atoms with Gasteiger partial charge in [-0.15, -0.1) is 0 Å². The number of alkyl halides is 3. The Hall–Kier alpha value is -1.81. The first-order valence-electron chi connectivity index (χ1n) is 5.98.